The van der Waals surface area contributed by atoms with Crippen LogP contribution in [0.4, 0.5) is 0 Å². The molecule has 39 heteroatoms. The minimum Gasteiger partial charge on any atom is -0.436 e. The van der Waals surface area contributed by atoms with Crippen molar-refractivity contribution in [3.8, 4) is 0 Å². The Bertz CT molecular complexity index is 1740. The molecule has 19 N–H and O–H groups in total. The second kappa shape index (κ2) is 68.8. The van der Waals surface area contributed by atoms with E-state index in [0.717, 1.165) is 108 Å². The Morgan fingerprint density at radius 1 is 0.228 bits per heavy atom. The van der Waals surface area contributed by atoms with Gasteiger partial charge in [-0.25, -0.2) is 0 Å². The summed E-state index contributed by atoms with van der Waals surface area (Å²) >= 11 is 0. The standard InChI is InChI=1S/C16H45N3O3Si4.C10H31NO5Si4.C8H22N2O2Si.C6H17NO2Si.C6H17NOSi.C6H20O4Si3.10CH4/c1-23(2,14-8-11-17)20-25(5,6)22-26(7,16-10-13-19)21-24(3,4)15-9-12-18;1-17(2,12)14-19(5,6)16-20(7,10-8-9-11)15-18(3,4)13;1-11-13(3,12-2)8-4-6-10-7-5-9;1-8-10(3,9-2)6-4-5-7;1-8-9(2,3)6-4-5-7;1-11(2,7)9-13(5,6)10-12(3,4)8;;;;;;;;;;/h8-19H2,1-7H3;12-13H,8-11H2,1-7H3;10H,4-9H2,1-3H3;4-7H2,1-3H3;4-7H2,1-3H3;7-8H,1-6H3;10*1H4. The van der Waals surface area contributed by atoms with E-state index >= 15 is 0 Å². The van der Waals surface area contributed by atoms with Gasteiger partial charge in [0.25, 0.3) is 0 Å². The molecule has 0 saturated heterocycles. The minimum absolute atomic E-state index is 0. The summed E-state index contributed by atoms with van der Waals surface area (Å²) in [5.74, 6) is 0. The lowest BCUT2D eigenvalue weighted by molar-refractivity contribution is 0.248. The van der Waals surface area contributed by atoms with Gasteiger partial charge < -0.3 is 120 Å². The number of nitrogens with one attached hydrogen (secondary N) is 1. The zero-order chi connectivity index (χ0) is 73.2. The van der Waals surface area contributed by atoms with Crippen LogP contribution in [0.15, 0.2) is 0 Å². The highest BCUT2D eigenvalue weighted by Gasteiger charge is 2.47. The summed E-state index contributed by atoms with van der Waals surface area (Å²) in [7, 11) is -22.3. The van der Waals surface area contributed by atoms with Crippen LogP contribution in [-0.2, 0) is 55.1 Å². The first kappa shape index (κ1) is 142. The molecule has 0 aromatic carbocycles. The predicted octanol–water partition coefficient (Wildman–Crippen LogP) is 14.5. The van der Waals surface area contributed by atoms with Crippen LogP contribution in [0.3, 0.4) is 0 Å². The molecule has 0 aliphatic rings. The molecule has 0 fully saturated rings. The first-order valence-corrected chi connectivity index (χ1v) is 72.1. The summed E-state index contributed by atoms with van der Waals surface area (Å²) in [6, 6.07) is 6.97. The molecule has 2 unspecified atom stereocenters. The number of nitrogens with two attached hydrogens (primary N) is 7. The maximum absolute atomic E-state index is 10.1. The maximum Gasteiger partial charge on any atom is 0.334 e. The molecule has 0 aliphatic heterocycles. The van der Waals surface area contributed by atoms with Crippen molar-refractivity contribution in [2.75, 3.05) is 94.5 Å². The highest BCUT2D eigenvalue weighted by Crippen LogP contribution is 2.31. The van der Waals surface area contributed by atoms with Crippen molar-refractivity contribution in [1.82, 2.24) is 5.32 Å². The van der Waals surface area contributed by atoms with Gasteiger partial charge in [0.2, 0.25) is 0 Å². The summed E-state index contributed by atoms with van der Waals surface area (Å²) < 4.78 is 75.5. The Labute approximate surface area is 647 Å². The van der Waals surface area contributed by atoms with Gasteiger partial charge in [0.1, 0.15) is 0 Å². The van der Waals surface area contributed by atoms with Gasteiger partial charge in [0.15, 0.2) is 25.0 Å². The molecule has 0 amide bonds. The second-order valence-corrected chi connectivity index (χ2v) is 80.3. The molecule has 25 nitrogen and oxygen atoms in total. The molecule has 0 aliphatic carbocycles. The van der Waals surface area contributed by atoms with Gasteiger partial charge in [-0.05, 0) is 290 Å². The molecule has 101 heavy (non-hydrogen) atoms. The van der Waals surface area contributed by atoms with Crippen molar-refractivity contribution in [3.05, 3.63) is 0 Å². The molecule has 0 aromatic heterocycles. The van der Waals surface area contributed by atoms with E-state index < -0.39 is 119 Å². The third kappa shape index (κ3) is 96.2. The Morgan fingerprint density at radius 3 is 0.693 bits per heavy atom. The van der Waals surface area contributed by atoms with Crippen molar-refractivity contribution in [2.45, 2.75) is 319 Å². The highest BCUT2D eigenvalue weighted by atomic mass is 28.5. The van der Waals surface area contributed by atoms with Crippen LogP contribution in [0.5, 0.6) is 0 Å². The van der Waals surface area contributed by atoms with Crippen LogP contribution < -0.4 is 45.5 Å². The van der Waals surface area contributed by atoms with Crippen molar-refractivity contribution >= 4 is 119 Å². The number of rotatable bonds is 45. The highest BCUT2D eigenvalue weighted by molar-refractivity contribution is 6.90. The van der Waals surface area contributed by atoms with Crippen molar-refractivity contribution < 1.29 is 74.2 Å². The summed E-state index contributed by atoms with van der Waals surface area (Å²) in [6.45, 7) is 54.0. The van der Waals surface area contributed by atoms with Crippen LogP contribution in [-0.4, -0.2) is 233 Å². The first-order valence-electron chi connectivity index (χ1n) is 32.8. The third-order valence-electron chi connectivity index (χ3n) is 12.9. The Balaban J connectivity index is -0.0000000623. The minimum atomic E-state index is -2.69. The quantitative estimate of drug-likeness (QED) is 0.0199. The smallest absolute Gasteiger partial charge is 0.334 e. The monoisotopic (exact) mass is 1710 g/mol. The van der Waals surface area contributed by atoms with Crippen LogP contribution >= 0.6 is 0 Å². The topological polar surface area (TPSA) is 395 Å². The molecule has 0 aromatic rings. The van der Waals surface area contributed by atoms with E-state index in [4.69, 9.17) is 95.2 Å². The zero-order valence-electron chi connectivity index (χ0n) is 63.9. The predicted molar refractivity (Wildman–Crippen MR) is 483 cm³/mol. The Hall–Kier alpha value is 2.04. The van der Waals surface area contributed by atoms with Gasteiger partial charge in [-0.1, -0.05) is 74.3 Å². The van der Waals surface area contributed by atoms with Gasteiger partial charge >= 0.3 is 94.2 Å². The largest absolute Gasteiger partial charge is 0.436 e. The van der Waals surface area contributed by atoms with Gasteiger partial charge in [0, 0.05) is 48.6 Å². The molecule has 0 saturated carbocycles. The fourth-order valence-electron chi connectivity index (χ4n) is 9.32. The van der Waals surface area contributed by atoms with Crippen LogP contribution in [0.25, 0.3) is 0 Å². The van der Waals surface area contributed by atoms with E-state index in [1.807, 2.05) is 39.3 Å². The number of hydrogen-bond acceptors (Lipinski definition) is 25. The van der Waals surface area contributed by atoms with Gasteiger partial charge in [0.05, 0.1) is 0 Å². The summed E-state index contributed by atoms with van der Waals surface area (Å²) in [4.78, 5) is 39.1. The summed E-state index contributed by atoms with van der Waals surface area (Å²) in [5.41, 5.74) is 38.8. The van der Waals surface area contributed by atoms with Crippen LogP contribution in [0.2, 0.25) is 199 Å². The van der Waals surface area contributed by atoms with E-state index in [2.05, 4.69) is 70.8 Å². The van der Waals surface area contributed by atoms with E-state index in [-0.39, 0.29) is 74.3 Å². The van der Waals surface area contributed by atoms with E-state index in [1.54, 1.807) is 87.9 Å². The van der Waals surface area contributed by atoms with Crippen molar-refractivity contribution in [1.29, 1.82) is 0 Å². The van der Waals surface area contributed by atoms with Gasteiger partial charge in [-0.3, -0.25) is 0 Å². The van der Waals surface area contributed by atoms with Crippen molar-refractivity contribution in [2.24, 2.45) is 40.1 Å². The van der Waals surface area contributed by atoms with Gasteiger partial charge in [-0.15, -0.1) is 0 Å². The summed E-state index contributed by atoms with van der Waals surface area (Å²) in [6.07, 6.45) is 6.93. The molecule has 0 radical (unpaired) electrons. The molecular weight excluding hydrogens is 1520 g/mol. The number of hydrogen-bond donors (Lipinski definition) is 12. The van der Waals surface area contributed by atoms with E-state index in [1.165, 1.54) is 6.04 Å². The molecular formula is C62H192N8O17Si14. The Kier molecular flexibility index (Phi) is 96.5. The molecule has 638 valence electrons. The van der Waals surface area contributed by atoms with Crippen molar-refractivity contribution in [3.63, 3.8) is 0 Å². The maximum atomic E-state index is 10.1. The Morgan fingerprint density at radius 2 is 0.446 bits per heavy atom. The lowest BCUT2D eigenvalue weighted by atomic mass is 10.5. The third-order valence-corrected chi connectivity index (χ3v) is 58.3. The van der Waals surface area contributed by atoms with Crippen LogP contribution in [0, 0.1) is 0 Å². The lowest BCUT2D eigenvalue weighted by Gasteiger charge is -2.42. The zero-order valence-corrected chi connectivity index (χ0v) is 77.9. The lowest BCUT2D eigenvalue weighted by Crippen LogP contribution is -2.58. The fraction of sp³-hybridized carbons (Fsp3) is 1.00. The molecule has 0 spiro atoms. The average molecular weight is 1720 g/mol. The molecule has 0 heterocycles. The van der Waals surface area contributed by atoms with Crippen LogP contribution in [0.1, 0.15) is 119 Å². The first-order chi connectivity index (χ1) is 40.9. The second-order valence-electron chi connectivity index (χ2n) is 28.6. The van der Waals surface area contributed by atoms with E-state index in [0.29, 0.717) is 32.2 Å². The van der Waals surface area contributed by atoms with E-state index in [9.17, 15) is 19.2 Å². The SMILES string of the molecule is C.C.C.C.C.C.C.C.C.C.CO[Si](C)(C)CCCN.CO[Si](C)(CCCN)OC.CO[Si](C)(CCCNCCN)OC.C[Si](C)(CCCN)O[Si](C)(C)O[Si](C)(CCCN)O[Si](C)(C)CCCN.C[Si](C)(O)O[Si](C)(C)O[Si](C)(C)O.C[Si](C)(O)O[Si](C)(C)O[Si](C)(CCCN)O[Si](C)(C)O. The fourth-order valence-corrected chi connectivity index (χ4v) is 59.3. The van der Waals surface area contributed by atoms with Gasteiger partial charge in [-0.2, -0.15) is 0 Å². The average Bonchev–Trinajstić information content (AvgIpc) is 0.824. The normalized spacial score (nSPS) is 13.2. The molecule has 2 atom stereocenters. The molecule has 0 rings (SSSR count). The molecule has 0 bridgehead atoms. The summed E-state index contributed by atoms with van der Waals surface area (Å²) in [5, 5.41) is 3.24.